The SMILES string of the molecule is Cn1cnc(CCNC(=O)COCC(=O)O)n1. The summed E-state index contributed by atoms with van der Waals surface area (Å²) in [5.74, 6) is -0.822. The molecule has 1 heterocycles. The molecule has 17 heavy (non-hydrogen) atoms. The molecular weight excluding hydrogens is 228 g/mol. The number of amides is 1. The molecule has 0 saturated carbocycles. The van der Waals surface area contributed by atoms with Gasteiger partial charge in [0.05, 0.1) is 0 Å². The molecule has 1 rings (SSSR count). The second-order valence-corrected chi connectivity index (χ2v) is 3.32. The van der Waals surface area contributed by atoms with Crippen LogP contribution in [0.25, 0.3) is 0 Å². The van der Waals surface area contributed by atoms with E-state index in [2.05, 4.69) is 20.1 Å². The second kappa shape index (κ2) is 6.59. The molecule has 0 fully saturated rings. The smallest absolute Gasteiger partial charge is 0.329 e. The molecule has 0 aromatic carbocycles. The highest BCUT2D eigenvalue weighted by atomic mass is 16.5. The summed E-state index contributed by atoms with van der Waals surface area (Å²) in [4.78, 5) is 25.2. The van der Waals surface area contributed by atoms with Crippen LogP contribution in [0.2, 0.25) is 0 Å². The summed E-state index contributed by atoms with van der Waals surface area (Å²) in [5, 5.41) is 14.9. The minimum atomic E-state index is -1.10. The fraction of sp³-hybridized carbons (Fsp3) is 0.556. The zero-order chi connectivity index (χ0) is 12.7. The Morgan fingerprint density at radius 3 is 2.88 bits per heavy atom. The van der Waals surface area contributed by atoms with E-state index in [1.54, 1.807) is 18.1 Å². The van der Waals surface area contributed by atoms with E-state index in [-0.39, 0.29) is 12.5 Å². The van der Waals surface area contributed by atoms with Crippen LogP contribution in [0.1, 0.15) is 5.82 Å². The van der Waals surface area contributed by atoms with Crippen molar-refractivity contribution in [2.24, 2.45) is 7.05 Å². The molecule has 0 spiro atoms. The van der Waals surface area contributed by atoms with Gasteiger partial charge in [-0.05, 0) is 0 Å². The van der Waals surface area contributed by atoms with E-state index in [0.29, 0.717) is 18.8 Å². The van der Waals surface area contributed by atoms with Crippen LogP contribution < -0.4 is 5.32 Å². The summed E-state index contributed by atoms with van der Waals surface area (Å²) in [7, 11) is 1.76. The number of aliphatic carboxylic acids is 1. The van der Waals surface area contributed by atoms with Crippen molar-refractivity contribution in [2.75, 3.05) is 19.8 Å². The molecular formula is C9H14N4O4. The van der Waals surface area contributed by atoms with Crippen LogP contribution >= 0.6 is 0 Å². The van der Waals surface area contributed by atoms with Gasteiger partial charge in [-0.25, -0.2) is 9.78 Å². The third kappa shape index (κ3) is 5.61. The Balaban J connectivity index is 2.10. The Kier molecular flexibility index (Phi) is 5.08. The van der Waals surface area contributed by atoms with Gasteiger partial charge < -0.3 is 15.2 Å². The number of carboxylic acids is 1. The first-order chi connectivity index (χ1) is 8.08. The molecule has 0 bridgehead atoms. The first kappa shape index (κ1) is 13.1. The number of carbonyl (C=O) groups is 2. The number of hydrogen-bond donors (Lipinski definition) is 2. The zero-order valence-electron chi connectivity index (χ0n) is 9.42. The van der Waals surface area contributed by atoms with Gasteiger partial charge in [0.2, 0.25) is 5.91 Å². The van der Waals surface area contributed by atoms with Gasteiger partial charge in [0.15, 0.2) is 5.82 Å². The molecule has 1 aromatic rings. The van der Waals surface area contributed by atoms with Gasteiger partial charge >= 0.3 is 5.97 Å². The van der Waals surface area contributed by atoms with Gasteiger partial charge in [-0.2, -0.15) is 5.10 Å². The number of rotatable bonds is 7. The molecule has 0 radical (unpaired) electrons. The summed E-state index contributed by atoms with van der Waals surface area (Å²) in [6, 6.07) is 0. The largest absolute Gasteiger partial charge is 0.480 e. The lowest BCUT2D eigenvalue weighted by atomic mass is 10.4. The van der Waals surface area contributed by atoms with E-state index >= 15 is 0 Å². The summed E-state index contributed by atoms with van der Waals surface area (Å²) in [5.41, 5.74) is 0. The minimum Gasteiger partial charge on any atom is -0.480 e. The van der Waals surface area contributed by atoms with Crippen LogP contribution in [0.5, 0.6) is 0 Å². The molecule has 0 atom stereocenters. The second-order valence-electron chi connectivity index (χ2n) is 3.32. The zero-order valence-corrected chi connectivity index (χ0v) is 9.42. The average molecular weight is 242 g/mol. The Bertz CT molecular complexity index is 390. The lowest BCUT2D eigenvalue weighted by molar-refractivity contribution is -0.143. The molecule has 94 valence electrons. The highest BCUT2D eigenvalue weighted by Crippen LogP contribution is 1.88. The maximum Gasteiger partial charge on any atom is 0.329 e. The van der Waals surface area contributed by atoms with E-state index in [4.69, 9.17) is 5.11 Å². The van der Waals surface area contributed by atoms with Crippen molar-refractivity contribution in [1.29, 1.82) is 0 Å². The topological polar surface area (TPSA) is 106 Å². The molecule has 0 aliphatic rings. The van der Waals surface area contributed by atoms with Gasteiger partial charge in [0.1, 0.15) is 19.5 Å². The minimum absolute atomic E-state index is 0.262. The third-order valence-electron chi connectivity index (χ3n) is 1.78. The third-order valence-corrected chi connectivity index (χ3v) is 1.78. The highest BCUT2D eigenvalue weighted by Gasteiger charge is 2.04. The number of nitrogens with zero attached hydrogens (tertiary/aromatic N) is 3. The number of nitrogens with one attached hydrogen (secondary N) is 1. The molecule has 0 unspecified atom stereocenters. The molecule has 2 N–H and O–H groups in total. The van der Waals surface area contributed by atoms with Crippen molar-refractivity contribution >= 4 is 11.9 Å². The van der Waals surface area contributed by atoms with Crippen molar-refractivity contribution in [3.05, 3.63) is 12.2 Å². The fourth-order valence-electron chi connectivity index (χ4n) is 1.09. The normalized spacial score (nSPS) is 10.2. The Morgan fingerprint density at radius 2 is 2.29 bits per heavy atom. The quantitative estimate of drug-likeness (QED) is 0.607. The Morgan fingerprint density at radius 1 is 1.53 bits per heavy atom. The van der Waals surface area contributed by atoms with Crippen molar-refractivity contribution in [2.45, 2.75) is 6.42 Å². The fourth-order valence-corrected chi connectivity index (χ4v) is 1.09. The molecule has 8 nitrogen and oxygen atoms in total. The molecule has 0 aliphatic heterocycles. The molecule has 0 aliphatic carbocycles. The van der Waals surface area contributed by atoms with Crippen molar-refractivity contribution in [1.82, 2.24) is 20.1 Å². The maximum absolute atomic E-state index is 11.1. The van der Waals surface area contributed by atoms with Gasteiger partial charge in [-0.1, -0.05) is 0 Å². The van der Waals surface area contributed by atoms with Crippen LogP contribution in [-0.4, -0.2) is 51.5 Å². The maximum atomic E-state index is 11.1. The first-order valence-electron chi connectivity index (χ1n) is 4.98. The number of ether oxygens (including phenoxy) is 1. The molecule has 0 saturated heterocycles. The summed E-state index contributed by atoms with van der Waals surface area (Å²) in [6.45, 7) is -0.351. The lowest BCUT2D eigenvalue weighted by Crippen LogP contribution is -2.30. The predicted octanol–water partition coefficient (Wildman–Crippen LogP) is -1.42. The molecule has 1 amide bonds. The number of aromatic nitrogens is 3. The number of hydrogen-bond acceptors (Lipinski definition) is 5. The predicted molar refractivity (Wildman–Crippen MR) is 56.2 cm³/mol. The highest BCUT2D eigenvalue weighted by molar-refractivity contribution is 5.77. The monoisotopic (exact) mass is 242 g/mol. The van der Waals surface area contributed by atoms with Crippen LogP contribution in [-0.2, 0) is 27.8 Å². The van der Waals surface area contributed by atoms with E-state index in [9.17, 15) is 9.59 Å². The molecule has 8 heteroatoms. The van der Waals surface area contributed by atoms with Gasteiger partial charge in [-0.3, -0.25) is 9.48 Å². The average Bonchev–Trinajstić information content (AvgIpc) is 2.63. The van der Waals surface area contributed by atoms with Crippen molar-refractivity contribution < 1.29 is 19.4 Å². The van der Waals surface area contributed by atoms with E-state index in [1.807, 2.05) is 0 Å². The van der Waals surface area contributed by atoms with Crippen LogP contribution in [0, 0.1) is 0 Å². The number of carboxylic acid groups (broad SMARTS) is 1. The lowest BCUT2D eigenvalue weighted by Gasteiger charge is -2.03. The Hall–Kier alpha value is -1.96. The van der Waals surface area contributed by atoms with Gasteiger partial charge in [-0.15, -0.1) is 0 Å². The number of carbonyl (C=O) groups excluding carboxylic acids is 1. The van der Waals surface area contributed by atoms with Crippen LogP contribution in [0.3, 0.4) is 0 Å². The van der Waals surface area contributed by atoms with E-state index in [1.165, 1.54) is 0 Å². The summed E-state index contributed by atoms with van der Waals surface area (Å²) in [6.07, 6.45) is 2.10. The summed E-state index contributed by atoms with van der Waals surface area (Å²) >= 11 is 0. The summed E-state index contributed by atoms with van der Waals surface area (Å²) < 4.78 is 6.19. The van der Waals surface area contributed by atoms with E-state index < -0.39 is 12.6 Å². The van der Waals surface area contributed by atoms with Crippen LogP contribution in [0.15, 0.2) is 6.33 Å². The van der Waals surface area contributed by atoms with Gasteiger partial charge in [0, 0.05) is 20.0 Å². The van der Waals surface area contributed by atoms with Gasteiger partial charge in [0.25, 0.3) is 0 Å². The number of aryl methyl sites for hydroxylation is 1. The first-order valence-corrected chi connectivity index (χ1v) is 4.98. The van der Waals surface area contributed by atoms with Crippen molar-refractivity contribution in [3.8, 4) is 0 Å². The standard InChI is InChI=1S/C9H14N4O4/c1-13-6-11-7(12-13)2-3-10-8(14)4-17-5-9(15)16/h6H,2-5H2,1H3,(H,10,14)(H,15,16). The van der Waals surface area contributed by atoms with Crippen LogP contribution in [0.4, 0.5) is 0 Å². The Labute approximate surface area is 97.6 Å². The van der Waals surface area contributed by atoms with E-state index in [0.717, 1.165) is 0 Å². The molecule has 1 aromatic heterocycles. The van der Waals surface area contributed by atoms with Crippen molar-refractivity contribution in [3.63, 3.8) is 0 Å².